The van der Waals surface area contributed by atoms with E-state index in [0.717, 1.165) is 38.9 Å². The molecule has 2 rings (SSSR count). The van der Waals surface area contributed by atoms with E-state index < -0.39 is 0 Å². The maximum atomic E-state index is 12.1. The molecule has 0 radical (unpaired) electrons. The van der Waals surface area contributed by atoms with Crippen LogP contribution in [0.2, 0.25) is 0 Å². The minimum atomic E-state index is 0.239. The van der Waals surface area contributed by atoms with Gasteiger partial charge in [-0.2, -0.15) is 0 Å². The Morgan fingerprint density at radius 1 is 1.40 bits per heavy atom. The van der Waals surface area contributed by atoms with Crippen LogP contribution in [0.3, 0.4) is 0 Å². The Bertz CT molecular complexity index is 226. The highest BCUT2D eigenvalue weighted by molar-refractivity contribution is 5.80. The molecule has 2 fully saturated rings. The maximum absolute atomic E-state index is 12.1. The van der Waals surface area contributed by atoms with Crippen LogP contribution >= 0.6 is 0 Å². The number of likely N-dealkylation sites (tertiary alicyclic amines) is 1. The van der Waals surface area contributed by atoms with Gasteiger partial charge in [-0.3, -0.25) is 4.79 Å². The van der Waals surface area contributed by atoms with E-state index in [9.17, 15) is 4.79 Å². The van der Waals surface area contributed by atoms with Crippen LogP contribution in [0.15, 0.2) is 0 Å². The normalized spacial score (nSPS) is 27.5. The lowest BCUT2D eigenvalue weighted by molar-refractivity contribution is -0.141. The summed E-state index contributed by atoms with van der Waals surface area (Å²) < 4.78 is 0. The maximum Gasteiger partial charge on any atom is 0.228 e. The van der Waals surface area contributed by atoms with Crippen LogP contribution in [0.1, 0.15) is 25.7 Å². The van der Waals surface area contributed by atoms with Crippen molar-refractivity contribution in [2.75, 3.05) is 26.2 Å². The number of rotatable bonds is 3. The zero-order valence-electron chi connectivity index (χ0n) is 9.24. The minimum absolute atomic E-state index is 0.239. The third kappa shape index (κ3) is 2.32. The number of hydrogen-bond donors (Lipinski definition) is 2. The van der Waals surface area contributed by atoms with Crippen molar-refractivity contribution in [3.8, 4) is 0 Å². The van der Waals surface area contributed by atoms with Gasteiger partial charge in [-0.1, -0.05) is 0 Å². The summed E-state index contributed by atoms with van der Waals surface area (Å²) in [4.78, 5) is 14.2. The molecular weight excluding hydrogens is 190 g/mol. The van der Waals surface area contributed by atoms with Crippen LogP contribution in [0.25, 0.3) is 0 Å². The molecule has 1 atom stereocenters. The molecule has 0 bridgehead atoms. The SMILES string of the molecule is NCCC1CCCCN1C(=O)C1CNC1. The van der Waals surface area contributed by atoms with Crippen molar-refractivity contribution >= 4 is 5.91 Å². The first-order valence-corrected chi connectivity index (χ1v) is 6.04. The topological polar surface area (TPSA) is 58.4 Å². The number of nitrogens with two attached hydrogens (primary N) is 1. The van der Waals surface area contributed by atoms with E-state index in [2.05, 4.69) is 10.2 Å². The van der Waals surface area contributed by atoms with Gasteiger partial charge in [0.2, 0.25) is 5.91 Å². The highest BCUT2D eigenvalue weighted by Gasteiger charge is 2.33. The number of carbonyl (C=O) groups is 1. The van der Waals surface area contributed by atoms with E-state index in [1.807, 2.05) is 0 Å². The summed E-state index contributed by atoms with van der Waals surface area (Å²) in [6, 6.07) is 0.414. The number of nitrogens with one attached hydrogen (secondary N) is 1. The summed E-state index contributed by atoms with van der Waals surface area (Å²) in [7, 11) is 0. The van der Waals surface area contributed by atoms with Crippen molar-refractivity contribution in [2.24, 2.45) is 11.7 Å². The number of hydrogen-bond acceptors (Lipinski definition) is 3. The molecule has 0 aromatic rings. The molecule has 2 heterocycles. The smallest absolute Gasteiger partial charge is 0.228 e. The van der Waals surface area contributed by atoms with Crippen molar-refractivity contribution in [3.05, 3.63) is 0 Å². The van der Waals surface area contributed by atoms with Crippen molar-refractivity contribution < 1.29 is 4.79 Å². The highest BCUT2D eigenvalue weighted by atomic mass is 16.2. The third-order valence-corrected chi connectivity index (χ3v) is 3.54. The molecule has 2 saturated heterocycles. The van der Waals surface area contributed by atoms with Gasteiger partial charge >= 0.3 is 0 Å². The highest BCUT2D eigenvalue weighted by Crippen LogP contribution is 2.22. The Hall–Kier alpha value is -0.610. The molecule has 0 aromatic heterocycles. The summed E-state index contributed by atoms with van der Waals surface area (Å²) >= 11 is 0. The van der Waals surface area contributed by atoms with Crippen LogP contribution in [0, 0.1) is 5.92 Å². The molecule has 2 aliphatic rings. The van der Waals surface area contributed by atoms with E-state index in [1.165, 1.54) is 6.42 Å². The lowest BCUT2D eigenvalue weighted by Gasteiger charge is -2.40. The van der Waals surface area contributed by atoms with Gasteiger partial charge in [0, 0.05) is 25.7 Å². The van der Waals surface area contributed by atoms with Crippen LogP contribution in [-0.4, -0.2) is 43.0 Å². The van der Waals surface area contributed by atoms with Crippen molar-refractivity contribution in [1.29, 1.82) is 0 Å². The van der Waals surface area contributed by atoms with E-state index in [4.69, 9.17) is 5.73 Å². The summed E-state index contributed by atoms with van der Waals surface area (Å²) in [5.41, 5.74) is 5.59. The Kier molecular flexibility index (Phi) is 3.59. The number of carbonyl (C=O) groups excluding carboxylic acids is 1. The molecule has 86 valence electrons. The standard InChI is InChI=1S/C11H21N3O/c12-5-4-10-3-1-2-6-14(10)11(15)9-7-13-8-9/h9-10,13H,1-8,12H2. The number of amides is 1. The molecule has 0 aromatic carbocycles. The van der Waals surface area contributed by atoms with Crippen LogP contribution in [0.5, 0.6) is 0 Å². The molecule has 0 aliphatic carbocycles. The molecular formula is C11H21N3O. The fourth-order valence-electron chi connectivity index (χ4n) is 2.48. The Morgan fingerprint density at radius 2 is 2.20 bits per heavy atom. The van der Waals surface area contributed by atoms with Crippen LogP contribution < -0.4 is 11.1 Å². The second-order valence-corrected chi connectivity index (χ2v) is 4.61. The fraction of sp³-hybridized carbons (Fsp3) is 0.909. The average Bonchev–Trinajstić information content (AvgIpc) is 2.16. The van der Waals surface area contributed by atoms with E-state index >= 15 is 0 Å². The number of nitrogens with zero attached hydrogens (tertiary/aromatic N) is 1. The molecule has 1 unspecified atom stereocenters. The largest absolute Gasteiger partial charge is 0.339 e. The van der Waals surface area contributed by atoms with Crippen molar-refractivity contribution in [1.82, 2.24) is 10.2 Å². The molecule has 4 heteroatoms. The fourth-order valence-corrected chi connectivity index (χ4v) is 2.48. The second kappa shape index (κ2) is 4.94. The van der Waals surface area contributed by atoms with E-state index in [1.54, 1.807) is 0 Å². The average molecular weight is 211 g/mol. The summed E-state index contributed by atoms with van der Waals surface area (Å²) in [5, 5.41) is 3.16. The van der Waals surface area contributed by atoms with Gasteiger partial charge in [0.05, 0.1) is 5.92 Å². The van der Waals surface area contributed by atoms with Gasteiger partial charge in [-0.25, -0.2) is 0 Å². The first-order valence-electron chi connectivity index (χ1n) is 6.04. The summed E-state index contributed by atoms with van der Waals surface area (Å²) in [6.07, 6.45) is 4.51. The van der Waals surface area contributed by atoms with Crippen molar-refractivity contribution in [2.45, 2.75) is 31.7 Å². The zero-order chi connectivity index (χ0) is 10.7. The van der Waals surface area contributed by atoms with Gasteiger partial charge in [0.1, 0.15) is 0 Å². The predicted octanol–water partition coefficient (Wildman–Crippen LogP) is -0.0643. The van der Waals surface area contributed by atoms with Gasteiger partial charge in [-0.05, 0) is 32.2 Å². The molecule has 2 aliphatic heterocycles. The first kappa shape index (κ1) is 10.9. The van der Waals surface area contributed by atoms with Gasteiger partial charge in [-0.15, -0.1) is 0 Å². The molecule has 15 heavy (non-hydrogen) atoms. The molecule has 0 saturated carbocycles. The second-order valence-electron chi connectivity index (χ2n) is 4.61. The van der Waals surface area contributed by atoms with Crippen LogP contribution in [0.4, 0.5) is 0 Å². The lowest BCUT2D eigenvalue weighted by Crippen LogP contribution is -2.55. The summed E-state index contributed by atoms with van der Waals surface area (Å²) in [5.74, 6) is 0.593. The minimum Gasteiger partial charge on any atom is -0.339 e. The first-order chi connectivity index (χ1) is 7.33. The lowest BCUT2D eigenvalue weighted by atomic mass is 9.94. The quantitative estimate of drug-likeness (QED) is 0.687. The third-order valence-electron chi connectivity index (χ3n) is 3.54. The predicted molar refractivity (Wildman–Crippen MR) is 59.4 cm³/mol. The monoisotopic (exact) mass is 211 g/mol. The Balaban J connectivity index is 1.93. The van der Waals surface area contributed by atoms with Gasteiger partial charge < -0.3 is 16.0 Å². The molecule has 1 amide bonds. The van der Waals surface area contributed by atoms with E-state index in [0.29, 0.717) is 18.5 Å². The van der Waals surface area contributed by atoms with Gasteiger partial charge in [0.25, 0.3) is 0 Å². The van der Waals surface area contributed by atoms with Crippen molar-refractivity contribution in [3.63, 3.8) is 0 Å². The zero-order valence-corrected chi connectivity index (χ0v) is 9.24. The van der Waals surface area contributed by atoms with E-state index in [-0.39, 0.29) is 5.92 Å². The van der Waals surface area contributed by atoms with Gasteiger partial charge in [0.15, 0.2) is 0 Å². The summed E-state index contributed by atoms with van der Waals surface area (Å²) in [6.45, 7) is 3.37. The molecule has 3 N–H and O–H groups in total. The molecule has 4 nitrogen and oxygen atoms in total. The Labute approximate surface area is 91.2 Å². The molecule has 0 spiro atoms. The Morgan fingerprint density at radius 3 is 2.80 bits per heavy atom. The van der Waals surface area contributed by atoms with Crippen LogP contribution in [-0.2, 0) is 4.79 Å². The number of piperidine rings is 1.